The number of carbonyl (C=O) groups excluding carboxylic acids is 2. The Balaban J connectivity index is 2.14. The van der Waals surface area contributed by atoms with Crippen LogP contribution < -0.4 is 4.74 Å². The highest BCUT2D eigenvalue weighted by Gasteiger charge is 2.13. The van der Waals surface area contributed by atoms with Crippen molar-refractivity contribution in [3.63, 3.8) is 0 Å². The SMILES string of the molecule is COc1cccc(-n2c3ccc(C=O)cc3c3cc(C=O)ccc32)c1. The molecule has 122 valence electrons. The summed E-state index contributed by atoms with van der Waals surface area (Å²) in [5, 5.41) is 1.87. The molecule has 4 rings (SSSR count). The summed E-state index contributed by atoms with van der Waals surface area (Å²) < 4.78 is 7.45. The van der Waals surface area contributed by atoms with Crippen LogP contribution in [0, 0.1) is 0 Å². The number of carbonyl (C=O) groups is 2. The molecular formula is C21H15NO3. The molecule has 0 bridgehead atoms. The zero-order chi connectivity index (χ0) is 17.4. The van der Waals surface area contributed by atoms with Gasteiger partial charge in [0.1, 0.15) is 18.3 Å². The van der Waals surface area contributed by atoms with Gasteiger partial charge in [-0.05, 0) is 48.5 Å². The molecule has 0 unspecified atom stereocenters. The zero-order valence-corrected chi connectivity index (χ0v) is 13.6. The second kappa shape index (κ2) is 5.91. The fraction of sp³-hybridized carbons (Fsp3) is 0.0476. The number of hydrogen-bond acceptors (Lipinski definition) is 3. The number of rotatable bonds is 4. The highest BCUT2D eigenvalue weighted by atomic mass is 16.5. The topological polar surface area (TPSA) is 48.3 Å². The van der Waals surface area contributed by atoms with Crippen LogP contribution in [0.25, 0.3) is 27.5 Å². The monoisotopic (exact) mass is 329 g/mol. The summed E-state index contributed by atoms with van der Waals surface area (Å²) in [5.41, 5.74) is 4.10. The molecule has 1 aromatic heterocycles. The van der Waals surface area contributed by atoms with Gasteiger partial charge in [-0.1, -0.05) is 6.07 Å². The van der Waals surface area contributed by atoms with E-state index in [-0.39, 0.29) is 0 Å². The normalized spacial score (nSPS) is 10.9. The molecule has 0 aliphatic carbocycles. The minimum atomic E-state index is 0.605. The van der Waals surface area contributed by atoms with Crippen LogP contribution in [0.4, 0.5) is 0 Å². The van der Waals surface area contributed by atoms with Crippen molar-refractivity contribution < 1.29 is 14.3 Å². The molecule has 4 nitrogen and oxygen atoms in total. The predicted molar refractivity (Wildman–Crippen MR) is 98.1 cm³/mol. The minimum Gasteiger partial charge on any atom is -0.497 e. The second-order valence-corrected chi connectivity index (χ2v) is 5.83. The van der Waals surface area contributed by atoms with Crippen molar-refractivity contribution in [2.75, 3.05) is 7.11 Å². The van der Waals surface area contributed by atoms with E-state index in [1.807, 2.05) is 48.5 Å². The maximum Gasteiger partial charge on any atom is 0.150 e. The zero-order valence-electron chi connectivity index (χ0n) is 13.6. The van der Waals surface area contributed by atoms with Gasteiger partial charge in [0.2, 0.25) is 0 Å². The van der Waals surface area contributed by atoms with E-state index in [0.717, 1.165) is 45.8 Å². The van der Waals surface area contributed by atoms with Gasteiger partial charge in [0.05, 0.1) is 18.1 Å². The molecule has 3 aromatic carbocycles. The van der Waals surface area contributed by atoms with E-state index in [9.17, 15) is 9.59 Å². The van der Waals surface area contributed by atoms with E-state index in [1.54, 1.807) is 19.2 Å². The molecule has 0 atom stereocenters. The van der Waals surface area contributed by atoms with Crippen LogP contribution in [0.2, 0.25) is 0 Å². The number of benzene rings is 3. The third-order valence-corrected chi connectivity index (χ3v) is 4.40. The van der Waals surface area contributed by atoms with E-state index in [2.05, 4.69) is 4.57 Å². The van der Waals surface area contributed by atoms with Crippen LogP contribution >= 0.6 is 0 Å². The smallest absolute Gasteiger partial charge is 0.150 e. The highest BCUT2D eigenvalue weighted by molar-refractivity contribution is 6.11. The van der Waals surface area contributed by atoms with Crippen LogP contribution in [0.15, 0.2) is 60.7 Å². The van der Waals surface area contributed by atoms with Crippen molar-refractivity contribution in [1.29, 1.82) is 0 Å². The van der Waals surface area contributed by atoms with Gasteiger partial charge in [0.25, 0.3) is 0 Å². The highest BCUT2D eigenvalue weighted by Crippen LogP contribution is 2.33. The first-order valence-electron chi connectivity index (χ1n) is 7.88. The quantitative estimate of drug-likeness (QED) is 0.521. The van der Waals surface area contributed by atoms with Crippen LogP contribution in [0.3, 0.4) is 0 Å². The lowest BCUT2D eigenvalue weighted by Gasteiger charge is -2.09. The molecule has 25 heavy (non-hydrogen) atoms. The molecule has 0 radical (unpaired) electrons. The number of fused-ring (bicyclic) bond motifs is 3. The molecule has 0 fully saturated rings. The number of nitrogens with zero attached hydrogens (tertiary/aromatic N) is 1. The molecule has 0 amide bonds. The first kappa shape index (κ1) is 15.1. The van der Waals surface area contributed by atoms with Gasteiger partial charge in [0.15, 0.2) is 0 Å². The van der Waals surface area contributed by atoms with Gasteiger partial charge in [-0.25, -0.2) is 0 Å². The molecule has 4 heteroatoms. The Hall–Kier alpha value is -3.40. The van der Waals surface area contributed by atoms with E-state index < -0.39 is 0 Å². The molecule has 0 spiro atoms. The average Bonchev–Trinajstić information content (AvgIpc) is 3.00. The number of ether oxygens (including phenoxy) is 1. The molecule has 4 aromatic rings. The summed E-state index contributed by atoms with van der Waals surface area (Å²) >= 11 is 0. The molecule has 0 saturated heterocycles. The van der Waals surface area contributed by atoms with Crippen LogP contribution in [0.5, 0.6) is 5.75 Å². The lowest BCUT2D eigenvalue weighted by atomic mass is 10.1. The Morgan fingerprint density at radius 2 is 1.40 bits per heavy atom. The number of methoxy groups -OCH3 is 1. The largest absolute Gasteiger partial charge is 0.497 e. The summed E-state index contributed by atoms with van der Waals surface area (Å²) in [5.74, 6) is 0.765. The van der Waals surface area contributed by atoms with Crippen molar-refractivity contribution in [2.24, 2.45) is 0 Å². The summed E-state index contributed by atoms with van der Waals surface area (Å²) in [6.45, 7) is 0. The fourth-order valence-electron chi connectivity index (χ4n) is 3.23. The van der Waals surface area contributed by atoms with E-state index >= 15 is 0 Å². The van der Waals surface area contributed by atoms with E-state index in [1.165, 1.54) is 0 Å². The number of aldehydes is 2. The Morgan fingerprint density at radius 3 is 1.92 bits per heavy atom. The van der Waals surface area contributed by atoms with Gasteiger partial charge in [0, 0.05) is 33.7 Å². The summed E-state index contributed by atoms with van der Waals surface area (Å²) in [4.78, 5) is 22.4. The summed E-state index contributed by atoms with van der Waals surface area (Å²) in [6, 6.07) is 19.0. The van der Waals surface area contributed by atoms with E-state index in [0.29, 0.717) is 11.1 Å². The van der Waals surface area contributed by atoms with Gasteiger partial charge in [-0.3, -0.25) is 9.59 Å². The molecule has 0 N–H and O–H groups in total. The lowest BCUT2D eigenvalue weighted by molar-refractivity contribution is 0.111. The first-order chi connectivity index (χ1) is 12.2. The average molecular weight is 329 g/mol. The van der Waals surface area contributed by atoms with Gasteiger partial charge in [-0.15, -0.1) is 0 Å². The second-order valence-electron chi connectivity index (χ2n) is 5.83. The Morgan fingerprint density at radius 1 is 0.800 bits per heavy atom. The number of hydrogen-bond donors (Lipinski definition) is 0. The third-order valence-electron chi connectivity index (χ3n) is 4.40. The summed E-state index contributed by atoms with van der Waals surface area (Å²) in [7, 11) is 1.64. The lowest BCUT2D eigenvalue weighted by Crippen LogP contribution is -1.95. The predicted octanol–water partition coefficient (Wildman–Crippen LogP) is 4.42. The Bertz CT molecular complexity index is 1060. The molecule has 0 saturated carbocycles. The van der Waals surface area contributed by atoms with Gasteiger partial charge >= 0.3 is 0 Å². The maximum atomic E-state index is 11.2. The van der Waals surface area contributed by atoms with Crippen LogP contribution in [0.1, 0.15) is 20.7 Å². The molecule has 0 aliphatic heterocycles. The Labute approximate surface area is 144 Å². The fourth-order valence-corrected chi connectivity index (χ4v) is 3.23. The van der Waals surface area contributed by atoms with Gasteiger partial charge in [-0.2, -0.15) is 0 Å². The van der Waals surface area contributed by atoms with Crippen molar-refractivity contribution in [3.05, 3.63) is 71.8 Å². The van der Waals surface area contributed by atoms with Crippen LogP contribution in [-0.2, 0) is 0 Å². The van der Waals surface area contributed by atoms with Gasteiger partial charge < -0.3 is 9.30 Å². The minimum absolute atomic E-state index is 0.605. The van der Waals surface area contributed by atoms with Crippen molar-refractivity contribution in [3.8, 4) is 11.4 Å². The standard InChI is InChI=1S/C21H15NO3/c1-25-17-4-2-3-16(11-17)22-20-7-5-14(12-23)9-18(20)19-10-15(13-24)6-8-21(19)22/h2-13H,1H3. The maximum absolute atomic E-state index is 11.2. The first-order valence-corrected chi connectivity index (χ1v) is 7.88. The van der Waals surface area contributed by atoms with E-state index in [4.69, 9.17) is 4.74 Å². The number of aromatic nitrogens is 1. The third kappa shape index (κ3) is 2.39. The molecule has 1 heterocycles. The van der Waals surface area contributed by atoms with Crippen molar-refractivity contribution >= 4 is 34.4 Å². The van der Waals surface area contributed by atoms with Crippen LogP contribution in [-0.4, -0.2) is 24.2 Å². The molecule has 0 aliphatic rings. The van der Waals surface area contributed by atoms with Crippen molar-refractivity contribution in [1.82, 2.24) is 4.57 Å². The summed E-state index contributed by atoms with van der Waals surface area (Å²) in [6.07, 6.45) is 1.66. The van der Waals surface area contributed by atoms with Crippen molar-refractivity contribution in [2.45, 2.75) is 0 Å². The molecular weight excluding hydrogens is 314 g/mol. The Kier molecular flexibility index (Phi) is 3.58.